The second-order valence-electron chi connectivity index (χ2n) is 3.25. The van der Waals surface area contributed by atoms with E-state index >= 15 is 0 Å². The Kier molecular flexibility index (Phi) is 6.56. The average molecular weight is 241 g/mol. The second-order valence-corrected chi connectivity index (χ2v) is 4.23. The molecule has 0 aliphatic rings. The van der Waals surface area contributed by atoms with Crippen molar-refractivity contribution in [3.05, 3.63) is 24.2 Å². The highest BCUT2D eigenvalue weighted by Gasteiger charge is 1.98. The maximum atomic E-state index is 5.24. The van der Waals surface area contributed by atoms with E-state index < -0.39 is 0 Å². The Morgan fingerprint density at radius 2 is 2.25 bits per heavy atom. The van der Waals surface area contributed by atoms with Crippen LogP contribution in [0.5, 0.6) is 0 Å². The van der Waals surface area contributed by atoms with Gasteiger partial charge in [-0.05, 0) is 18.4 Å². The number of rotatable bonds is 6. The van der Waals surface area contributed by atoms with E-state index in [1.165, 1.54) is 0 Å². The van der Waals surface area contributed by atoms with Gasteiger partial charge in [0.2, 0.25) is 0 Å². The minimum Gasteiger partial charge on any atom is -0.469 e. The van der Waals surface area contributed by atoms with E-state index in [0.717, 1.165) is 37.0 Å². The molecule has 16 heavy (non-hydrogen) atoms. The van der Waals surface area contributed by atoms with Crippen LogP contribution in [0.4, 0.5) is 0 Å². The Morgan fingerprint density at radius 1 is 1.44 bits per heavy atom. The molecule has 0 atom stereocenters. The summed E-state index contributed by atoms with van der Waals surface area (Å²) in [6.07, 6.45) is 4.66. The highest BCUT2D eigenvalue weighted by molar-refractivity contribution is 7.98. The zero-order chi connectivity index (χ0) is 11.6. The van der Waals surface area contributed by atoms with Gasteiger partial charge in [-0.25, -0.2) is 0 Å². The highest BCUT2D eigenvalue weighted by Crippen LogP contribution is 1.99. The SMILES string of the molecule is CN=C(NCCSC)NCCc1ccco1. The Hall–Kier alpha value is -1.10. The van der Waals surface area contributed by atoms with Crippen molar-refractivity contribution >= 4 is 17.7 Å². The molecule has 1 rings (SSSR count). The maximum absolute atomic E-state index is 5.24. The molecule has 0 saturated carbocycles. The van der Waals surface area contributed by atoms with Gasteiger partial charge in [0.25, 0.3) is 0 Å². The first-order valence-corrected chi connectivity index (χ1v) is 6.72. The van der Waals surface area contributed by atoms with E-state index in [1.807, 2.05) is 23.9 Å². The van der Waals surface area contributed by atoms with E-state index in [0.29, 0.717) is 0 Å². The van der Waals surface area contributed by atoms with Gasteiger partial charge in [0.15, 0.2) is 5.96 Å². The van der Waals surface area contributed by atoms with Gasteiger partial charge in [0.05, 0.1) is 6.26 Å². The summed E-state index contributed by atoms with van der Waals surface area (Å²) in [4.78, 5) is 4.13. The standard InChI is InChI=1S/C11H19N3OS/c1-12-11(14-7-9-16-2)13-6-5-10-4-3-8-15-10/h3-4,8H,5-7,9H2,1-2H3,(H2,12,13,14). The summed E-state index contributed by atoms with van der Waals surface area (Å²) in [5, 5.41) is 6.47. The van der Waals surface area contributed by atoms with Crippen LogP contribution in [-0.4, -0.2) is 38.1 Å². The van der Waals surface area contributed by atoms with Gasteiger partial charge >= 0.3 is 0 Å². The molecule has 90 valence electrons. The summed E-state index contributed by atoms with van der Waals surface area (Å²) in [6.45, 7) is 1.76. The third kappa shape index (κ3) is 5.11. The van der Waals surface area contributed by atoms with Crippen LogP contribution in [0, 0.1) is 0 Å². The summed E-state index contributed by atoms with van der Waals surface area (Å²) in [7, 11) is 1.78. The molecule has 0 aliphatic carbocycles. The van der Waals surface area contributed by atoms with Gasteiger partial charge in [-0.1, -0.05) is 0 Å². The van der Waals surface area contributed by atoms with Crippen molar-refractivity contribution in [2.75, 3.05) is 32.1 Å². The fourth-order valence-electron chi connectivity index (χ4n) is 1.25. The fourth-order valence-corrected chi connectivity index (χ4v) is 1.56. The molecule has 0 unspecified atom stereocenters. The summed E-state index contributed by atoms with van der Waals surface area (Å²) >= 11 is 1.82. The molecule has 5 heteroatoms. The van der Waals surface area contributed by atoms with Crippen molar-refractivity contribution in [1.82, 2.24) is 10.6 Å². The van der Waals surface area contributed by atoms with Crippen LogP contribution in [0.2, 0.25) is 0 Å². The number of hydrogen-bond donors (Lipinski definition) is 2. The first kappa shape index (κ1) is 13.0. The van der Waals surface area contributed by atoms with Crippen LogP contribution in [0.1, 0.15) is 5.76 Å². The third-order valence-electron chi connectivity index (χ3n) is 2.07. The van der Waals surface area contributed by atoms with Crippen LogP contribution in [0.25, 0.3) is 0 Å². The molecule has 0 bridgehead atoms. The minimum absolute atomic E-state index is 0.826. The first-order valence-electron chi connectivity index (χ1n) is 5.32. The number of aliphatic imine (C=N–C) groups is 1. The Morgan fingerprint density at radius 3 is 2.88 bits per heavy atom. The molecule has 0 saturated heterocycles. The van der Waals surface area contributed by atoms with E-state index in [-0.39, 0.29) is 0 Å². The number of furan rings is 1. The largest absolute Gasteiger partial charge is 0.469 e. The van der Waals surface area contributed by atoms with Crippen LogP contribution in [-0.2, 0) is 6.42 Å². The zero-order valence-electron chi connectivity index (χ0n) is 9.82. The molecule has 1 aromatic rings. The van der Waals surface area contributed by atoms with Crippen LogP contribution in [0.15, 0.2) is 27.8 Å². The van der Waals surface area contributed by atoms with Gasteiger partial charge in [-0.2, -0.15) is 11.8 Å². The lowest BCUT2D eigenvalue weighted by Gasteiger charge is -2.10. The maximum Gasteiger partial charge on any atom is 0.191 e. The summed E-state index contributed by atoms with van der Waals surface area (Å²) in [6, 6.07) is 3.88. The summed E-state index contributed by atoms with van der Waals surface area (Å²) in [5.41, 5.74) is 0. The van der Waals surface area contributed by atoms with E-state index in [9.17, 15) is 0 Å². The van der Waals surface area contributed by atoms with Gasteiger partial charge in [-0.3, -0.25) is 4.99 Å². The molecule has 2 N–H and O–H groups in total. The molecule has 1 aromatic heterocycles. The monoisotopic (exact) mass is 241 g/mol. The van der Waals surface area contributed by atoms with E-state index in [1.54, 1.807) is 13.3 Å². The molecule has 0 amide bonds. The highest BCUT2D eigenvalue weighted by atomic mass is 32.2. The Balaban J connectivity index is 2.14. The minimum atomic E-state index is 0.826. The topological polar surface area (TPSA) is 49.6 Å². The molecule has 4 nitrogen and oxygen atoms in total. The van der Waals surface area contributed by atoms with Crippen LogP contribution < -0.4 is 10.6 Å². The molecule has 1 heterocycles. The van der Waals surface area contributed by atoms with Crippen molar-refractivity contribution in [3.63, 3.8) is 0 Å². The van der Waals surface area contributed by atoms with Crippen molar-refractivity contribution in [1.29, 1.82) is 0 Å². The van der Waals surface area contributed by atoms with Gasteiger partial charge in [0, 0.05) is 32.3 Å². The van der Waals surface area contributed by atoms with Gasteiger partial charge in [-0.15, -0.1) is 0 Å². The molecular formula is C11H19N3OS. The van der Waals surface area contributed by atoms with Crippen molar-refractivity contribution in [2.24, 2.45) is 4.99 Å². The number of guanidine groups is 1. The predicted molar refractivity (Wildman–Crippen MR) is 70.2 cm³/mol. The summed E-state index contributed by atoms with van der Waals surface area (Å²) in [5.74, 6) is 2.92. The Bertz CT molecular complexity index is 298. The molecule has 0 aromatic carbocycles. The van der Waals surface area contributed by atoms with Gasteiger partial charge in [0.1, 0.15) is 5.76 Å². The number of nitrogens with zero attached hydrogens (tertiary/aromatic N) is 1. The first-order chi connectivity index (χ1) is 7.86. The number of nitrogens with one attached hydrogen (secondary N) is 2. The third-order valence-corrected chi connectivity index (χ3v) is 2.68. The lowest BCUT2D eigenvalue weighted by atomic mass is 10.3. The number of thioether (sulfide) groups is 1. The second kappa shape index (κ2) is 8.10. The zero-order valence-corrected chi connectivity index (χ0v) is 10.6. The van der Waals surface area contributed by atoms with E-state index in [4.69, 9.17) is 4.42 Å². The lowest BCUT2D eigenvalue weighted by molar-refractivity contribution is 0.507. The Labute approximate surface area is 101 Å². The smallest absolute Gasteiger partial charge is 0.191 e. The normalized spacial score (nSPS) is 11.5. The van der Waals surface area contributed by atoms with E-state index in [2.05, 4.69) is 21.9 Å². The van der Waals surface area contributed by atoms with Crippen molar-refractivity contribution in [2.45, 2.75) is 6.42 Å². The molecule has 0 aliphatic heterocycles. The number of hydrogen-bond acceptors (Lipinski definition) is 3. The molecule has 0 spiro atoms. The van der Waals surface area contributed by atoms with Crippen molar-refractivity contribution < 1.29 is 4.42 Å². The predicted octanol–water partition coefficient (Wildman–Crippen LogP) is 1.35. The molecule has 0 radical (unpaired) electrons. The fraction of sp³-hybridized carbons (Fsp3) is 0.545. The summed E-state index contributed by atoms with van der Waals surface area (Å²) < 4.78 is 5.24. The molecular weight excluding hydrogens is 222 g/mol. The average Bonchev–Trinajstić information content (AvgIpc) is 2.80. The van der Waals surface area contributed by atoms with Crippen molar-refractivity contribution in [3.8, 4) is 0 Å². The lowest BCUT2D eigenvalue weighted by Crippen LogP contribution is -2.39. The van der Waals surface area contributed by atoms with Crippen LogP contribution in [0.3, 0.4) is 0 Å². The van der Waals surface area contributed by atoms with Gasteiger partial charge < -0.3 is 15.1 Å². The molecule has 0 fully saturated rings. The quantitative estimate of drug-likeness (QED) is 0.448. The van der Waals surface area contributed by atoms with Crippen LogP contribution >= 0.6 is 11.8 Å².